The molecule has 4 heterocycles. The number of carbonyl (C=O) groups excluding carboxylic acids is 1. The highest BCUT2D eigenvalue weighted by Gasteiger charge is 2.39. The van der Waals surface area contributed by atoms with Crippen LogP contribution in [0, 0.1) is 0 Å². The number of hydrogen-bond acceptors (Lipinski definition) is 9. The van der Waals surface area contributed by atoms with Crippen molar-refractivity contribution < 1.29 is 4.79 Å². The van der Waals surface area contributed by atoms with Crippen molar-refractivity contribution in [2.24, 2.45) is 4.99 Å². The highest BCUT2D eigenvalue weighted by molar-refractivity contribution is 6.26. The number of rotatable bonds is 6. The van der Waals surface area contributed by atoms with Crippen LogP contribution in [0.15, 0.2) is 4.99 Å². The first-order valence-corrected chi connectivity index (χ1v) is 14.3. The maximum absolute atomic E-state index is 12.7. The molecule has 38 heavy (non-hydrogen) atoms. The van der Waals surface area contributed by atoms with E-state index in [1.54, 1.807) is 0 Å². The number of nitrogens with one attached hydrogen (secondary N) is 4. The Morgan fingerprint density at radius 2 is 1.18 bits per heavy atom. The zero-order valence-corrected chi connectivity index (χ0v) is 24.7. The summed E-state index contributed by atoms with van der Waals surface area (Å²) < 4.78 is 0. The fourth-order valence-corrected chi connectivity index (χ4v) is 7.07. The molecule has 212 valence electrons. The average Bonchev–Trinajstić information content (AvgIpc) is 2.73. The van der Waals surface area contributed by atoms with Crippen LogP contribution in [-0.4, -0.2) is 79.3 Å². The van der Waals surface area contributed by atoms with Crippen molar-refractivity contribution in [1.29, 1.82) is 0 Å². The molecule has 0 aliphatic carbocycles. The quantitative estimate of drug-likeness (QED) is 0.410. The summed E-state index contributed by atoms with van der Waals surface area (Å²) in [5.74, 6) is 1.14. The van der Waals surface area contributed by atoms with Gasteiger partial charge in [-0.05, 0) is 100 Å². The monoisotopic (exact) mass is 527 g/mol. The molecule has 0 saturated carbocycles. The van der Waals surface area contributed by atoms with E-state index in [0.717, 1.165) is 51.6 Å². The summed E-state index contributed by atoms with van der Waals surface area (Å²) in [7, 11) is 0. The molecular weight excluding hydrogens is 478 g/mol. The van der Waals surface area contributed by atoms with Gasteiger partial charge in [0.1, 0.15) is 0 Å². The van der Waals surface area contributed by atoms with Gasteiger partial charge in [0.2, 0.25) is 11.9 Å². The third-order valence-electron chi connectivity index (χ3n) is 7.63. The lowest BCUT2D eigenvalue weighted by Gasteiger charge is -2.46. The Balaban J connectivity index is 1.57. The standard InChI is InChI=1S/C28H49N9O/c1-25(2)14-19(15-26(3,4)35-25)30-23-32-22(29-18-21(38)37-12-10-9-11-13-37)33-24(34-23)31-20-16-27(5,6)36-28(7,8)17-20/h18-20,35-36H,9-17H2,1-8H3,(H2,30,31,32,33,34). The number of aromatic nitrogens is 3. The summed E-state index contributed by atoms with van der Waals surface area (Å²) in [6, 6.07) is 0.389. The van der Waals surface area contributed by atoms with Crippen molar-refractivity contribution in [3.05, 3.63) is 0 Å². The average molecular weight is 528 g/mol. The lowest BCUT2D eigenvalue weighted by molar-refractivity contribution is -0.124. The number of aliphatic imine (C=N–C) groups is 1. The molecule has 3 fully saturated rings. The summed E-state index contributed by atoms with van der Waals surface area (Å²) >= 11 is 0. The first-order chi connectivity index (χ1) is 17.6. The molecule has 0 unspecified atom stereocenters. The third kappa shape index (κ3) is 8.09. The van der Waals surface area contributed by atoms with E-state index >= 15 is 0 Å². The van der Waals surface area contributed by atoms with Crippen LogP contribution in [0.1, 0.15) is 100 Å². The minimum absolute atomic E-state index is 0.0123. The largest absolute Gasteiger partial charge is 0.351 e. The molecule has 1 aromatic heterocycles. The molecule has 0 radical (unpaired) electrons. The molecule has 3 aliphatic rings. The predicted octanol–water partition coefficient (Wildman–Crippen LogP) is 4.03. The van der Waals surface area contributed by atoms with Gasteiger partial charge in [0, 0.05) is 47.3 Å². The molecule has 1 amide bonds. The maximum Gasteiger partial charge on any atom is 0.265 e. The molecule has 4 rings (SSSR count). The smallest absolute Gasteiger partial charge is 0.265 e. The Morgan fingerprint density at radius 1 is 0.763 bits per heavy atom. The summed E-state index contributed by atoms with van der Waals surface area (Å²) in [6.07, 6.45) is 8.37. The summed E-state index contributed by atoms with van der Waals surface area (Å²) in [6.45, 7) is 19.4. The zero-order valence-electron chi connectivity index (χ0n) is 24.7. The highest BCUT2D eigenvalue weighted by atomic mass is 16.2. The summed E-state index contributed by atoms with van der Waals surface area (Å²) in [5.41, 5.74) is -0.0491. The SMILES string of the molecule is CC1(C)CC(Nc2nc(N=CC(=O)N3CCCCC3)nc(NC3CC(C)(C)NC(C)(C)C3)n2)CC(C)(C)N1. The predicted molar refractivity (Wildman–Crippen MR) is 154 cm³/mol. The lowest BCUT2D eigenvalue weighted by atomic mass is 9.79. The second-order valence-electron chi connectivity index (χ2n) is 14.2. The van der Waals surface area contributed by atoms with E-state index in [-0.39, 0.29) is 46.1 Å². The van der Waals surface area contributed by atoms with E-state index in [9.17, 15) is 4.79 Å². The number of amides is 1. The van der Waals surface area contributed by atoms with Gasteiger partial charge in [-0.2, -0.15) is 15.0 Å². The highest BCUT2D eigenvalue weighted by Crippen LogP contribution is 2.32. The Morgan fingerprint density at radius 3 is 1.61 bits per heavy atom. The van der Waals surface area contributed by atoms with Gasteiger partial charge in [0.15, 0.2) is 0 Å². The molecule has 10 nitrogen and oxygen atoms in total. The Kier molecular flexibility index (Phi) is 8.06. The topological polar surface area (TPSA) is 119 Å². The third-order valence-corrected chi connectivity index (χ3v) is 7.63. The van der Waals surface area contributed by atoms with Gasteiger partial charge < -0.3 is 26.2 Å². The number of carbonyl (C=O) groups is 1. The maximum atomic E-state index is 12.7. The van der Waals surface area contributed by atoms with Crippen LogP contribution >= 0.6 is 0 Å². The fraction of sp³-hybridized carbons (Fsp3) is 0.821. The van der Waals surface area contributed by atoms with E-state index in [1.165, 1.54) is 12.6 Å². The summed E-state index contributed by atoms with van der Waals surface area (Å²) in [4.78, 5) is 33.0. The number of anilines is 2. The van der Waals surface area contributed by atoms with Crippen LogP contribution in [0.2, 0.25) is 0 Å². The number of piperidine rings is 3. The van der Waals surface area contributed by atoms with Crippen molar-refractivity contribution in [2.45, 2.75) is 135 Å². The first-order valence-electron chi connectivity index (χ1n) is 14.3. The van der Waals surface area contributed by atoms with Crippen molar-refractivity contribution >= 4 is 30.0 Å². The van der Waals surface area contributed by atoms with Crippen molar-refractivity contribution in [1.82, 2.24) is 30.5 Å². The van der Waals surface area contributed by atoms with E-state index in [2.05, 4.69) is 91.6 Å². The fourth-order valence-electron chi connectivity index (χ4n) is 7.07. The number of hydrogen-bond donors (Lipinski definition) is 4. The zero-order chi connectivity index (χ0) is 27.8. The van der Waals surface area contributed by atoms with E-state index in [0.29, 0.717) is 11.9 Å². The van der Waals surface area contributed by atoms with E-state index < -0.39 is 0 Å². The van der Waals surface area contributed by atoms with E-state index in [4.69, 9.17) is 4.98 Å². The van der Waals surface area contributed by atoms with Gasteiger partial charge in [-0.1, -0.05) is 0 Å². The molecule has 3 saturated heterocycles. The van der Waals surface area contributed by atoms with Crippen LogP contribution in [0.25, 0.3) is 0 Å². The number of likely N-dealkylation sites (tertiary alicyclic amines) is 1. The van der Waals surface area contributed by atoms with Crippen molar-refractivity contribution in [2.75, 3.05) is 23.7 Å². The van der Waals surface area contributed by atoms with Crippen LogP contribution in [0.5, 0.6) is 0 Å². The normalized spacial score (nSPS) is 25.3. The minimum atomic E-state index is -0.0853. The Hall–Kier alpha value is -2.33. The molecular formula is C28H49N9O. The molecule has 0 bridgehead atoms. The number of nitrogens with zero attached hydrogens (tertiary/aromatic N) is 5. The molecule has 10 heteroatoms. The van der Waals surface area contributed by atoms with Crippen LogP contribution in [-0.2, 0) is 4.79 Å². The first kappa shape index (κ1) is 28.7. The summed E-state index contributed by atoms with van der Waals surface area (Å²) in [5, 5.41) is 14.6. The molecule has 0 aromatic carbocycles. The Labute approximate surface area is 228 Å². The van der Waals surface area contributed by atoms with Crippen molar-refractivity contribution in [3.63, 3.8) is 0 Å². The van der Waals surface area contributed by atoms with Crippen LogP contribution < -0.4 is 21.3 Å². The minimum Gasteiger partial charge on any atom is -0.351 e. The van der Waals surface area contributed by atoms with Gasteiger partial charge in [0.05, 0.1) is 6.21 Å². The van der Waals surface area contributed by atoms with Gasteiger partial charge in [0.25, 0.3) is 11.9 Å². The molecule has 3 aliphatic heterocycles. The van der Waals surface area contributed by atoms with Gasteiger partial charge >= 0.3 is 0 Å². The van der Waals surface area contributed by atoms with E-state index in [1.807, 2.05) is 4.90 Å². The van der Waals surface area contributed by atoms with Crippen LogP contribution in [0.3, 0.4) is 0 Å². The molecule has 1 aromatic rings. The van der Waals surface area contributed by atoms with Crippen LogP contribution in [0.4, 0.5) is 17.8 Å². The van der Waals surface area contributed by atoms with Crippen molar-refractivity contribution in [3.8, 4) is 0 Å². The van der Waals surface area contributed by atoms with Gasteiger partial charge in [-0.25, -0.2) is 4.99 Å². The second kappa shape index (κ2) is 10.7. The second-order valence-corrected chi connectivity index (χ2v) is 14.2. The molecule has 0 spiro atoms. The molecule has 4 N–H and O–H groups in total. The van der Waals surface area contributed by atoms with Gasteiger partial charge in [-0.3, -0.25) is 4.79 Å². The van der Waals surface area contributed by atoms with Gasteiger partial charge in [-0.15, -0.1) is 0 Å². The Bertz CT molecular complexity index is 937. The molecule has 0 atom stereocenters. The lowest BCUT2D eigenvalue weighted by Crippen LogP contribution is -2.60.